The van der Waals surface area contributed by atoms with Gasteiger partial charge in [0.25, 0.3) is 0 Å². The van der Waals surface area contributed by atoms with Crippen molar-refractivity contribution in [1.29, 1.82) is 0 Å². The molecule has 160 valence electrons. The average molecular weight is 430 g/mol. The van der Waals surface area contributed by atoms with Crippen LogP contribution in [-0.2, 0) is 19.6 Å². The Labute approximate surface area is 182 Å². The molecule has 0 spiro atoms. The van der Waals surface area contributed by atoms with Gasteiger partial charge in [0.15, 0.2) is 0 Å². The predicted octanol–water partition coefficient (Wildman–Crippen LogP) is 2.38. The van der Waals surface area contributed by atoms with Gasteiger partial charge in [0.05, 0.1) is 19.3 Å². The third kappa shape index (κ3) is 3.95. The maximum atomic E-state index is 5.52. The Kier molecular flexibility index (Phi) is 6.36. The van der Waals surface area contributed by atoms with Crippen molar-refractivity contribution in [2.45, 2.75) is 38.4 Å². The first kappa shape index (κ1) is 20.8. The highest BCUT2D eigenvalue weighted by atomic mass is 35.5. The molecule has 30 heavy (non-hydrogen) atoms. The van der Waals surface area contributed by atoms with Crippen molar-refractivity contribution in [2.75, 3.05) is 26.7 Å². The van der Waals surface area contributed by atoms with Crippen molar-refractivity contribution in [2.24, 2.45) is 0 Å². The Morgan fingerprint density at radius 3 is 2.77 bits per heavy atom. The fraction of sp³-hybridized carbons (Fsp3) is 0.476. The van der Waals surface area contributed by atoms with Gasteiger partial charge >= 0.3 is 0 Å². The number of benzene rings is 1. The molecule has 0 radical (unpaired) electrons. The van der Waals surface area contributed by atoms with E-state index in [0.717, 1.165) is 69.4 Å². The molecule has 1 aromatic carbocycles. The number of para-hydroxylation sites is 2. The largest absolute Gasteiger partial charge is 0.494 e. The highest BCUT2D eigenvalue weighted by Gasteiger charge is 2.27. The molecule has 9 heteroatoms. The summed E-state index contributed by atoms with van der Waals surface area (Å²) < 4.78 is 9.84. The fourth-order valence-electron chi connectivity index (χ4n) is 4.47. The first-order chi connectivity index (χ1) is 14.3. The molecule has 0 bridgehead atoms. The molecule has 0 unspecified atom stereocenters. The van der Waals surface area contributed by atoms with E-state index in [1.54, 1.807) is 7.11 Å². The zero-order valence-electron chi connectivity index (χ0n) is 17.2. The molecule has 1 saturated heterocycles. The molecule has 4 heterocycles. The van der Waals surface area contributed by atoms with E-state index >= 15 is 0 Å². The number of ether oxygens (including phenoxy) is 1. The lowest BCUT2D eigenvalue weighted by atomic mass is 9.95. The van der Waals surface area contributed by atoms with E-state index < -0.39 is 0 Å². The molecule has 0 atom stereocenters. The van der Waals surface area contributed by atoms with Crippen molar-refractivity contribution in [3.63, 3.8) is 0 Å². The van der Waals surface area contributed by atoms with E-state index in [9.17, 15) is 0 Å². The molecule has 1 fully saturated rings. The molecule has 2 aromatic heterocycles. The zero-order valence-corrected chi connectivity index (χ0v) is 18.0. The van der Waals surface area contributed by atoms with Gasteiger partial charge < -0.3 is 14.6 Å². The summed E-state index contributed by atoms with van der Waals surface area (Å²) in [4.78, 5) is 2.51. The van der Waals surface area contributed by atoms with E-state index in [1.807, 2.05) is 35.1 Å². The minimum atomic E-state index is 0. The van der Waals surface area contributed by atoms with Crippen molar-refractivity contribution in [3.8, 4) is 11.4 Å². The topological polar surface area (TPSA) is 73.0 Å². The second kappa shape index (κ2) is 9.16. The molecule has 3 aromatic rings. The number of nitrogens with one attached hydrogen (secondary N) is 1. The summed E-state index contributed by atoms with van der Waals surface area (Å²) in [7, 11) is 1.70. The van der Waals surface area contributed by atoms with Gasteiger partial charge in [-0.3, -0.25) is 4.90 Å². The normalized spacial score (nSPS) is 17.4. The summed E-state index contributed by atoms with van der Waals surface area (Å²) in [6.07, 6.45) is 4.10. The first-order valence-corrected chi connectivity index (χ1v) is 10.3. The van der Waals surface area contributed by atoms with Gasteiger partial charge in [0, 0.05) is 31.7 Å². The summed E-state index contributed by atoms with van der Waals surface area (Å²) in [5.41, 5.74) is 2.16. The molecule has 1 N–H and O–H groups in total. The van der Waals surface area contributed by atoms with Crippen LogP contribution in [0.4, 0.5) is 0 Å². The molecule has 0 aliphatic carbocycles. The Balaban J connectivity index is 0.00000218. The smallest absolute Gasteiger partial charge is 0.147 e. The number of hydrogen-bond acceptors (Lipinski definition) is 6. The van der Waals surface area contributed by atoms with Crippen molar-refractivity contribution >= 4 is 12.4 Å². The van der Waals surface area contributed by atoms with Gasteiger partial charge in [-0.05, 0) is 44.1 Å². The summed E-state index contributed by atoms with van der Waals surface area (Å²) in [5.74, 6) is 3.60. The van der Waals surface area contributed by atoms with Gasteiger partial charge in [0.2, 0.25) is 0 Å². The highest BCUT2D eigenvalue weighted by molar-refractivity contribution is 5.85. The van der Waals surface area contributed by atoms with Crippen LogP contribution in [0, 0.1) is 0 Å². The molecule has 0 saturated carbocycles. The summed E-state index contributed by atoms with van der Waals surface area (Å²) in [6.45, 7) is 5.82. The molecule has 8 nitrogen and oxygen atoms in total. The second-order valence-corrected chi connectivity index (χ2v) is 7.76. The molecular formula is C21H28ClN7O. The van der Waals surface area contributed by atoms with E-state index in [-0.39, 0.29) is 12.4 Å². The maximum absolute atomic E-state index is 5.52. The number of fused-ring (bicyclic) bond motifs is 1. The highest BCUT2D eigenvalue weighted by Crippen LogP contribution is 2.29. The number of rotatable bonds is 5. The Hall–Kier alpha value is -2.42. The van der Waals surface area contributed by atoms with Crippen LogP contribution >= 0.6 is 12.4 Å². The molecule has 0 amide bonds. The fourth-order valence-corrected chi connectivity index (χ4v) is 4.47. The van der Waals surface area contributed by atoms with E-state index in [0.29, 0.717) is 5.92 Å². The van der Waals surface area contributed by atoms with Gasteiger partial charge in [-0.25, -0.2) is 4.68 Å². The first-order valence-electron chi connectivity index (χ1n) is 10.3. The van der Waals surface area contributed by atoms with Crippen molar-refractivity contribution in [3.05, 3.63) is 53.9 Å². The molecule has 5 rings (SSSR count). The number of hydrogen-bond donors (Lipinski definition) is 1. The predicted molar refractivity (Wildman–Crippen MR) is 116 cm³/mol. The Morgan fingerprint density at radius 1 is 1.10 bits per heavy atom. The van der Waals surface area contributed by atoms with Gasteiger partial charge in [0.1, 0.15) is 23.1 Å². The van der Waals surface area contributed by atoms with Gasteiger partial charge in [-0.15, -0.1) is 22.6 Å². The van der Waals surface area contributed by atoms with E-state index in [2.05, 4.69) is 36.1 Å². The summed E-state index contributed by atoms with van der Waals surface area (Å²) >= 11 is 0. The monoisotopic (exact) mass is 429 g/mol. The SMILES string of the molecule is COc1ccccc1-n1nccc1CN1CCC(c2nnc3n2CCNC3)CC1.Cl. The van der Waals surface area contributed by atoms with Crippen LogP contribution in [0.25, 0.3) is 5.69 Å². The van der Waals surface area contributed by atoms with Crippen molar-refractivity contribution < 1.29 is 4.74 Å². The Morgan fingerprint density at radius 2 is 1.93 bits per heavy atom. The lowest BCUT2D eigenvalue weighted by molar-refractivity contribution is 0.196. The van der Waals surface area contributed by atoms with Crippen LogP contribution in [0.1, 0.15) is 36.1 Å². The van der Waals surface area contributed by atoms with Crippen LogP contribution in [0.5, 0.6) is 5.75 Å². The van der Waals surface area contributed by atoms with E-state index in [1.165, 1.54) is 11.5 Å². The summed E-state index contributed by atoms with van der Waals surface area (Å²) in [5, 5.41) is 16.8. The number of nitrogens with zero attached hydrogens (tertiary/aromatic N) is 6. The van der Waals surface area contributed by atoms with Crippen LogP contribution < -0.4 is 10.1 Å². The molecule has 2 aliphatic heterocycles. The summed E-state index contributed by atoms with van der Waals surface area (Å²) in [6, 6.07) is 10.1. The number of aromatic nitrogens is 5. The lowest BCUT2D eigenvalue weighted by Crippen LogP contribution is -2.35. The number of halogens is 1. The minimum absolute atomic E-state index is 0. The van der Waals surface area contributed by atoms with Crippen molar-refractivity contribution in [1.82, 2.24) is 34.8 Å². The Bertz CT molecular complexity index is 977. The van der Waals surface area contributed by atoms with Crippen LogP contribution in [0.3, 0.4) is 0 Å². The van der Waals surface area contributed by atoms with Gasteiger partial charge in [-0.1, -0.05) is 12.1 Å². The average Bonchev–Trinajstić information content (AvgIpc) is 3.41. The standard InChI is InChI=1S/C21H27N7O.ClH/c1-29-19-5-3-2-4-18(19)28-17(6-9-23-28)15-26-11-7-16(8-12-26)21-25-24-20-14-22-10-13-27(20)21;/h2-6,9,16,22H,7-8,10-15H2,1H3;1H. The molecule has 2 aliphatic rings. The van der Waals surface area contributed by atoms with Crippen LogP contribution in [0.2, 0.25) is 0 Å². The zero-order chi connectivity index (χ0) is 19.6. The van der Waals surface area contributed by atoms with Gasteiger partial charge in [-0.2, -0.15) is 5.10 Å². The van der Waals surface area contributed by atoms with E-state index in [4.69, 9.17) is 4.74 Å². The lowest BCUT2D eigenvalue weighted by Gasteiger charge is -2.32. The third-order valence-corrected chi connectivity index (χ3v) is 6.02. The number of likely N-dealkylation sites (tertiary alicyclic amines) is 1. The number of methoxy groups -OCH3 is 1. The van der Waals surface area contributed by atoms with Crippen LogP contribution in [-0.4, -0.2) is 56.2 Å². The minimum Gasteiger partial charge on any atom is -0.494 e. The quantitative estimate of drug-likeness (QED) is 0.671. The van der Waals surface area contributed by atoms with Crippen LogP contribution in [0.15, 0.2) is 36.5 Å². The second-order valence-electron chi connectivity index (χ2n) is 7.76. The molecular weight excluding hydrogens is 402 g/mol. The third-order valence-electron chi connectivity index (χ3n) is 6.02. The maximum Gasteiger partial charge on any atom is 0.147 e. The number of piperidine rings is 1.